The highest BCUT2D eigenvalue weighted by Crippen LogP contribution is 2.31. The van der Waals surface area contributed by atoms with Crippen LogP contribution in [0.3, 0.4) is 0 Å². The number of ether oxygens (including phenoxy) is 1. The monoisotopic (exact) mass is 395 g/mol. The van der Waals surface area contributed by atoms with E-state index >= 15 is 0 Å². The Hall–Kier alpha value is -3.93. The molecule has 5 aromatic rings. The zero-order valence-electron chi connectivity index (χ0n) is 16.9. The molecular formula is C24H21N5O. The zero-order chi connectivity index (χ0) is 20.5. The molecule has 30 heavy (non-hydrogen) atoms. The topological polar surface area (TPSA) is 57.8 Å². The normalized spacial score (nSPS) is 11.1. The Kier molecular flexibility index (Phi) is 4.52. The lowest BCUT2D eigenvalue weighted by molar-refractivity contribution is 0.292. The van der Waals surface area contributed by atoms with Gasteiger partial charge in [0.05, 0.1) is 11.0 Å². The van der Waals surface area contributed by atoms with Crippen LogP contribution >= 0.6 is 0 Å². The van der Waals surface area contributed by atoms with Gasteiger partial charge in [0, 0.05) is 43.8 Å². The Morgan fingerprint density at radius 2 is 1.63 bits per heavy atom. The Labute approximate surface area is 174 Å². The summed E-state index contributed by atoms with van der Waals surface area (Å²) in [5.74, 6) is 1.69. The van der Waals surface area contributed by atoms with Crippen LogP contribution in [0.4, 0.5) is 0 Å². The van der Waals surface area contributed by atoms with Crippen molar-refractivity contribution in [3.63, 3.8) is 0 Å². The molecule has 0 bridgehead atoms. The first kappa shape index (κ1) is 18.1. The van der Waals surface area contributed by atoms with Crippen molar-refractivity contribution in [2.24, 2.45) is 14.1 Å². The smallest absolute Gasteiger partial charge is 0.147 e. The molecular weight excluding hydrogens is 374 g/mol. The lowest BCUT2D eigenvalue weighted by Gasteiger charge is -2.08. The lowest BCUT2D eigenvalue weighted by Crippen LogP contribution is -2.03. The standard InChI is InChI=1S/C24H21N5O/c1-28-15-20(17-11-13-25-14-12-17)24(27-28)18-7-9-19(10-8-18)30-16-23-26-21-5-3-4-6-22(21)29(23)2/h3-15H,16H2,1-2H3. The molecule has 0 radical (unpaired) electrons. The molecule has 2 aromatic carbocycles. The Morgan fingerprint density at radius 1 is 0.867 bits per heavy atom. The second-order valence-corrected chi connectivity index (χ2v) is 7.19. The van der Waals surface area contributed by atoms with Gasteiger partial charge < -0.3 is 9.30 Å². The molecule has 0 amide bonds. The molecule has 148 valence electrons. The van der Waals surface area contributed by atoms with E-state index in [1.807, 2.05) is 79.6 Å². The molecule has 6 nitrogen and oxygen atoms in total. The van der Waals surface area contributed by atoms with Crippen LogP contribution < -0.4 is 4.74 Å². The van der Waals surface area contributed by atoms with Crippen molar-refractivity contribution in [3.8, 4) is 28.1 Å². The molecule has 6 heteroatoms. The molecule has 0 aliphatic carbocycles. The second-order valence-electron chi connectivity index (χ2n) is 7.19. The number of imidazole rings is 1. The zero-order valence-corrected chi connectivity index (χ0v) is 16.9. The van der Waals surface area contributed by atoms with Crippen molar-refractivity contribution in [2.45, 2.75) is 6.61 Å². The molecule has 0 saturated heterocycles. The number of benzene rings is 2. The van der Waals surface area contributed by atoms with Gasteiger partial charge in [-0.1, -0.05) is 12.1 Å². The van der Waals surface area contributed by atoms with Crippen molar-refractivity contribution in [1.29, 1.82) is 0 Å². The fourth-order valence-corrected chi connectivity index (χ4v) is 3.63. The van der Waals surface area contributed by atoms with Gasteiger partial charge >= 0.3 is 0 Å². The minimum atomic E-state index is 0.413. The van der Waals surface area contributed by atoms with E-state index in [-0.39, 0.29) is 0 Å². The summed E-state index contributed by atoms with van der Waals surface area (Å²) in [6.45, 7) is 0.413. The van der Waals surface area contributed by atoms with Crippen molar-refractivity contribution >= 4 is 11.0 Å². The summed E-state index contributed by atoms with van der Waals surface area (Å²) >= 11 is 0. The fraction of sp³-hybridized carbons (Fsp3) is 0.125. The summed E-state index contributed by atoms with van der Waals surface area (Å²) in [5.41, 5.74) is 6.23. The van der Waals surface area contributed by atoms with Crippen LogP contribution in [0.25, 0.3) is 33.4 Å². The molecule has 0 spiro atoms. The Balaban J connectivity index is 1.37. The molecule has 0 aliphatic rings. The van der Waals surface area contributed by atoms with Gasteiger partial charge in [-0.25, -0.2) is 4.98 Å². The number of nitrogens with zero attached hydrogens (tertiary/aromatic N) is 5. The van der Waals surface area contributed by atoms with E-state index in [2.05, 4.69) is 25.7 Å². The van der Waals surface area contributed by atoms with Crippen molar-refractivity contribution < 1.29 is 4.74 Å². The third kappa shape index (κ3) is 3.33. The molecule has 3 aromatic heterocycles. The average Bonchev–Trinajstić information content (AvgIpc) is 3.33. The van der Waals surface area contributed by atoms with Gasteiger partial charge in [-0.2, -0.15) is 5.10 Å². The number of aryl methyl sites for hydroxylation is 2. The van der Waals surface area contributed by atoms with Crippen molar-refractivity contribution in [3.05, 3.63) is 85.1 Å². The number of aromatic nitrogens is 5. The average molecular weight is 395 g/mol. The molecule has 0 unspecified atom stereocenters. The van der Waals surface area contributed by atoms with Crippen molar-refractivity contribution in [1.82, 2.24) is 24.3 Å². The highest BCUT2D eigenvalue weighted by atomic mass is 16.5. The van der Waals surface area contributed by atoms with E-state index in [9.17, 15) is 0 Å². The molecule has 0 saturated carbocycles. The van der Waals surface area contributed by atoms with Crippen LogP contribution in [0, 0.1) is 0 Å². The van der Waals surface area contributed by atoms with Gasteiger partial charge in [0.2, 0.25) is 0 Å². The van der Waals surface area contributed by atoms with Crippen LogP contribution in [-0.4, -0.2) is 24.3 Å². The van der Waals surface area contributed by atoms with E-state index in [1.54, 1.807) is 12.4 Å². The summed E-state index contributed by atoms with van der Waals surface area (Å²) in [7, 11) is 3.95. The third-order valence-corrected chi connectivity index (χ3v) is 5.20. The second kappa shape index (κ2) is 7.48. The van der Waals surface area contributed by atoms with Gasteiger partial charge in [0.15, 0.2) is 0 Å². The quantitative estimate of drug-likeness (QED) is 0.436. The predicted octanol–water partition coefficient (Wildman–Crippen LogP) is 4.61. The fourth-order valence-electron chi connectivity index (χ4n) is 3.63. The maximum Gasteiger partial charge on any atom is 0.147 e. The van der Waals surface area contributed by atoms with Gasteiger partial charge in [0.25, 0.3) is 0 Å². The summed E-state index contributed by atoms with van der Waals surface area (Å²) in [6, 6.07) is 20.1. The number of pyridine rings is 1. The molecule has 0 fully saturated rings. The summed E-state index contributed by atoms with van der Waals surface area (Å²) in [4.78, 5) is 8.77. The molecule has 3 heterocycles. The molecule has 0 aliphatic heterocycles. The van der Waals surface area contributed by atoms with Crippen LogP contribution in [0.15, 0.2) is 79.3 Å². The Bertz CT molecular complexity index is 1300. The number of rotatable bonds is 5. The van der Waals surface area contributed by atoms with E-state index in [0.29, 0.717) is 6.61 Å². The number of para-hydroxylation sites is 2. The molecule has 5 rings (SSSR count). The lowest BCUT2D eigenvalue weighted by atomic mass is 10.0. The van der Waals surface area contributed by atoms with Gasteiger partial charge in [0.1, 0.15) is 23.9 Å². The predicted molar refractivity (Wildman–Crippen MR) is 117 cm³/mol. The SMILES string of the molecule is Cn1cc(-c2ccncc2)c(-c2ccc(OCc3nc4ccccc4n3C)cc2)n1. The first-order valence-electron chi connectivity index (χ1n) is 9.76. The summed E-state index contributed by atoms with van der Waals surface area (Å²) in [5, 5.41) is 4.66. The van der Waals surface area contributed by atoms with Gasteiger partial charge in [-0.3, -0.25) is 9.67 Å². The first-order chi connectivity index (χ1) is 14.7. The van der Waals surface area contributed by atoms with Crippen LogP contribution in [0.1, 0.15) is 5.82 Å². The minimum Gasteiger partial charge on any atom is -0.486 e. The summed E-state index contributed by atoms with van der Waals surface area (Å²) in [6.07, 6.45) is 5.62. The van der Waals surface area contributed by atoms with Crippen molar-refractivity contribution in [2.75, 3.05) is 0 Å². The number of hydrogen-bond acceptors (Lipinski definition) is 4. The van der Waals surface area contributed by atoms with Gasteiger partial charge in [-0.15, -0.1) is 0 Å². The minimum absolute atomic E-state index is 0.413. The maximum absolute atomic E-state index is 6.00. The van der Waals surface area contributed by atoms with Crippen LogP contribution in [0.5, 0.6) is 5.75 Å². The summed E-state index contributed by atoms with van der Waals surface area (Å²) < 4.78 is 9.90. The Morgan fingerprint density at radius 3 is 2.40 bits per heavy atom. The van der Waals surface area contributed by atoms with E-state index in [4.69, 9.17) is 4.74 Å². The first-order valence-corrected chi connectivity index (χ1v) is 9.76. The number of fused-ring (bicyclic) bond motifs is 1. The van der Waals surface area contributed by atoms with E-state index in [0.717, 1.165) is 45.0 Å². The van der Waals surface area contributed by atoms with Gasteiger partial charge in [-0.05, 0) is 54.1 Å². The van der Waals surface area contributed by atoms with Crippen LogP contribution in [-0.2, 0) is 20.7 Å². The van der Waals surface area contributed by atoms with Crippen LogP contribution in [0.2, 0.25) is 0 Å². The number of hydrogen-bond donors (Lipinski definition) is 0. The largest absolute Gasteiger partial charge is 0.486 e. The highest BCUT2D eigenvalue weighted by molar-refractivity contribution is 5.80. The third-order valence-electron chi connectivity index (χ3n) is 5.20. The molecule has 0 atom stereocenters. The highest BCUT2D eigenvalue weighted by Gasteiger charge is 2.13. The molecule has 0 N–H and O–H groups in total. The maximum atomic E-state index is 6.00. The van der Waals surface area contributed by atoms with E-state index in [1.165, 1.54) is 0 Å². The van der Waals surface area contributed by atoms with E-state index < -0.39 is 0 Å².